The molecule has 0 saturated carbocycles. The Kier molecular flexibility index (Phi) is 4.78. The van der Waals surface area contributed by atoms with Gasteiger partial charge in [-0.2, -0.15) is 0 Å². The van der Waals surface area contributed by atoms with Crippen molar-refractivity contribution in [2.75, 3.05) is 0 Å². The van der Waals surface area contributed by atoms with Gasteiger partial charge in [0.15, 0.2) is 0 Å². The van der Waals surface area contributed by atoms with Gasteiger partial charge < -0.3 is 0 Å². The lowest BCUT2D eigenvalue weighted by atomic mass is 10.0. The van der Waals surface area contributed by atoms with E-state index < -0.39 is 7.29 Å². The van der Waals surface area contributed by atoms with Gasteiger partial charge in [0.25, 0.3) is 0 Å². The molecule has 2 nitrogen and oxygen atoms in total. The minimum absolute atomic E-state index is 0.759. The smallest absolute Gasteiger partial charge is 0.248 e. The number of hydrogen-bond donors (Lipinski definition) is 0. The van der Waals surface area contributed by atoms with Crippen molar-refractivity contribution in [1.29, 1.82) is 0 Å². The highest BCUT2D eigenvalue weighted by Crippen LogP contribution is 2.62. The summed E-state index contributed by atoms with van der Waals surface area (Å²) in [6.45, 7) is 0. The monoisotopic (exact) mass is 405 g/mol. The fourth-order valence-corrected chi connectivity index (χ4v) is 6.10. The van der Waals surface area contributed by atoms with Gasteiger partial charge in [0.1, 0.15) is 0 Å². The van der Waals surface area contributed by atoms with Crippen molar-refractivity contribution in [3.05, 3.63) is 132 Å². The lowest BCUT2D eigenvalue weighted by Crippen LogP contribution is -2.02. The quantitative estimate of drug-likeness (QED) is 0.343. The Labute approximate surface area is 176 Å². The van der Waals surface area contributed by atoms with E-state index in [1.165, 1.54) is 0 Å². The third-order valence-corrected chi connectivity index (χ3v) is 7.85. The van der Waals surface area contributed by atoms with E-state index in [0.717, 1.165) is 38.6 Å². The third kappa shape index (κ3) is 3.36. The first kappa shape index (κ1) is 18.5. The van der Waals surface area contributed by atoms with Crippen LogP contribution in [-0.4, -0.2) is 5.71 Å². The lowest BCUT2D eigenvalue weighted by Gasteiger charge is -2.15. The van der Waals surface area contributed by atoms with E-state index in [-0.39, 0.29) is 0 Å². The van der Waals surface area contributed by atoms with E-state index in [1.54, 1.807) is 0 Å². The number of allylic oxidation sites excluding steroid dienone is 1. The van der Waals surface area contributed by atoms with Crippen LogP contribution in [0, 0.1) is 0 Å². The Hall–Kier alpha value is -3.48. The van der Waals surface area contributed by atoms with Crippen molar-refractivity contribution in [2.45, 2.75) is 0 Å². The minimum Gasteiger partial charge on any atom is -0.288 e. The standard InChI is InChI=1S/C27H20NOP/c29-30(25-14-8-3-9-15-25)27(20-26(28-30)23-12-6-2-7-13-23)24-18-16-22(17-19-24)21-10-4-1-5-11-21/h1-20H. The van der Waals surface area contributed by atoms with E-state index >= 15 is 0 Å². The van der Waals surface area contributed by atoms with Crippen molar-refractivity contribution in [2.24, 2.45) is 4.76 Å². The van der Waals surface area contributed by atoms with E-state index in [4.69, 9.17) is 4.76 Å². The Bertz CT molecular complexity index is 1280. The van der Waals surface area contributed by atoms with Crippen molar-refractivity contribution in [3.63, 3.8) is 0 Å². The molecule has 0 aromatic heterocycles. The van der Waals surface area contributed by atoms with Gasteiger partial charge in [-0.15, -0.1) is 0 Å². The molecule has 1 aliphatic rings. The predicted molar refractivity (Wildman–Crippen MR) is 127 cm³/mol. The molecule has 1 heterocycles. The maximum absolute atomic E-state index is 14.2. The molecule has 0 aliphatic carbocycles. The van der Waals surface area contributed by atoms with Crippen LogP contribution in [0.4, 0.5) is 0 Å². The molecule has 5 rings (SSSR count). The largest absolute Gasteiger partial charge is 0.288 e. The molecule has 0 N–H and O–H groups in total. The summed E-state index contributed by atoms with van der Waals surface area (Å²) in [5, 5.41) is 1.54. The van der Waals surface area contributed by atoms with Gasteiger partial charge in [-0.3, -0.25) is 4.57 Å². The fourth-order valence-electron chi connectivity index (χ4n) is 3.75. The van der Waals surface area contributed by atoms with E-state index in [9.17, 15) is 4.57 Å². The van der Waals surface area contributed by atoms with Crippen LogP contribution >= 0.6 is 7.29 Å². The highest BCUT2D eigenvalue weighted by Gasteiger charge is 2.35. The fraction of sp³-hybridized carbons (Fsp3) is 0. The van der Waals surface area contributed by atoms with Gasteiger partial charge in [0.2, 0.25) is 7.29 Å². The summed E-state index contributed by atoms with van der Waals surface area (Å²) in [6.07, 6.45) is 1.99. The molecule has 30 heavy (non-hydrogen) atoms. The van der Waals surface area contributed by atoms with Gasteiger partial charge in [-0.25, -0.2) is 4.76 Å². The van der Waals surface area contributed by atoms with Crippen LogP contribution in [0.25, 0.3) is 16.4 Å². The van der Waals surface area contributed by atoms with E-state index in [0.29, 0.717) is 0 Å². The van der Waals surface area contributed by atoms with Crippen LogP contribution in [0.1, 0.15) is 11.1 Å². The third-order valence-electron chi connectivity index (χ3n) is 5.31. The molecule has 1 atom stereocenters. The van der Waals surface area contributed by atoms with Crippen LogP contribution in [0.5, 0.6) is 0 Å². The molecule has 3 heteroatoms. The zero-order chi connectivity index (χ0) is 20.4. The topological polar surface area (TPSA) is 29.4 Å². The second kappa shape index (κ2) is 7.74. The molecule has 4 aromatic carbocycles. The van der Waals surface area contributed by atoms with Gasteiger partial charge in [-0.05, 0) is 34.9 Å². The van der Waals surface area contributed by atoms with Crippen LogP contribution < -0.4 is 5.30 Å². The maximum Gasteiger partial charge on any atom is 0.248 e. The summed E-state index contributed by atoms with van der Waals surface area (Å²) < 4.78 is 19.0. The predicted octanol–water partition coefficient (Wildman–Crippen LogP) is 6.80. The maximum atomic E-state index is 14.2. The molecular weight excluding hydrogens is 385 g/mol. The Morgan fingerprint density at radius 3 is 1.57 bits per heavy atom. The SMILES string of the molecule is O=P1(c2ccccc2)N=C(c2ccccc2)C=C1c1ccc(-c2ccccc2)cc1. The molecule has 0 radical (unpaired) electrons. The highest BCUT2D eigenvalue weighted by atomic mass is 31.2. The lowest BCUT2D eigenvalue weighted by molar-refractivity contribution is 0.589. The summed E-state index contributed by atoms with van der Waals surface area (Å²) in [4.78, 5) is 0. The summed E-state index contributed by atoms with van der Waals surface area (Å²) in [7, 11) is -3.11. The van der Waals surface area contributed by atoms with Crippen LogP contribution in [-0.2, 0) is 4.57 Å². The normalized spacial score (nSPS) is 18.0. The van der Waals surface area contributed by atoms with Crippen LogP contribution in [0.2, 0.25) is 0 Å². The number of rotatable bonds is 4. The van der Waals surface area contributed by atoms with Gasteiger partial charge in [0, 0.05) is 16.2 Å². The molecule has 1 unspecified atom stereocenters. The molecule has 1 aliphatic heterocycles. The molecule has 0 spiro atoms. The molecule has 0 bridgehead atoms. The second-order valence-corrected chi connectivity index (χ2v) is 9.59. The van der Waals surface area contributed by atoms with Gasteiger partial charge in [0.05, 0.1) is 5.71 Å². The number of nitrogens with zero attached hydrogens (tertiary/aromatic N) is 1. The molecule has 0 amide bonds. The zero-order valence-electron chi connectivity index (χ0n) is 16.3. The second-order valence-electron chi connectivity index (χ2n) is 7.24. The summed E-state index contributed by atoms with van der Waals surface area (Å²) in [5.41, 5.74) is 4.99. The molecular formula is C27H20NOP. The highest BCUT2D eigenvalue weighted by molar-refractivity contribution is 7.80. The molecule has 0 saturated heterocycles. The first-order chi connectivity index (χ1) is 14.7. The molecule has 144 valence electrons. The minimum atomic E-state index is -3.11. The number of benzene rings is 4. The van der Waals surface area contributed by atoms with Crippen molar-refractivity contribution < 1.29 is 4.57 Å². The first-order valence-electron chi connectivity index (χ1n) is 9.93. The van der Waals surface area contributed by atoms with E-state index in [1.807, 2.05) is 97.1 Å². The van der Waals surface area contributed by atoms with Gasteiger partial charge in [-0.1, -0.05) is 103 Å². The average Bonchev–Trinajstić information content (AvgIpc) is 3.20. The number of hydrogen-bond acceptors (Lipinski definition) is 1. The van der Waals surface area contributed by atoms with Gasteiger partial charge >= 0.3 is 0 Å². The summed E-state index contributed by atoms with van der Waals surface area (Å²) in [5.74, 6) is 0. The first-order valence-corrected chi connectivity index (χ1v) is 11.6. The Morgan fingerprint density at radius 1 is 0.500 bits per heavy atom. The molecule has 0 fully saturated rings. The van der Waals surface area contributed by atoms with Crippen LogP contribution in [0.15, 0.2) is 126 Å². The average molecular weight is 405 g/mol. The Balaban J connectivity index is 1.61. The van der Waals surface area contributed by atoms with Crippen molar-refractivity contribution in [1.82, 2.24) is 0 Å². The van der Waals surface area contributed by atoms with Crippen molar-refractivity contribution >= 4 is 23.6 Å². The van der Waals surface area contributed by atoms with Crippen molar-refractivity contribution in [3.8, 4) is 11.1 Å². The zero-order valence-corrected chi connectivity index (χ0v) is 17.2. The summed E-state index contributed by atoms with van der Waals surface area (Å²) >= 11 is 0. The Morgan fingerprint density at radius 2 is 0.967 bits per heavy atom. The van der Waals surface area contributed by atoms with Crippen LogP contribution in [0.3, 0.4) is 0 Å². The summed E-state index contributed by atoms with van der Waals surface area (Å²) in [6, 6.07) is 38.1. The molecule has 4 aromatic rings. The van der Waals surface area contributed by atoms with E-state index in [2.05, 4.69) is 24.3 Å².